The third-order valence-electron chi connectivity index (χ3n) is 8.06. The van der Waals surface area contributed by atoms with E-state index in [9.17, 15) is 5.11 Å². The number of nitrogens with zero attached hydrogens (tertiary/aromatic N) is 1. The largest absolute Gasteiger partial charge is 0.495 e. The number of aromatic amines is 1. The molecule has 3 heterocycles. The molecule has 4 aromatic carbocycles. The maximum atomic E-state index is 12.1. The Morgan fingerprint density at radius 3 is 2.43 bits per heavy atom. The number of methoxy groups -OCH3 is 1. The Morgan fingerprint density at radius 2 is 1.65 bits per heavy atom. The molecule has 1 aliphatic heterocycles. The molecule has 2 aromatic heterocycles. The van der Waals surface area contributed by atoms with Crippen molar-refractivity contribution in [1.29, 1.82) is 0 Å². The number of aliphatic hydroxyl groups excluding tert-OH is 1. The highest BCUT2D eigenvalue weighted by molar-refractivity contribution is 6.12. The molecule has 0 unspecified atom stereocenters. The summed E-state index contributed by atoms with van der Waals surface area (Å²) in [5.41, 5.74) is 6.46. The van der Waals surface area contributed by atoms with Crippen molar-refractivity contribution < 1.29 is 14.6 Å². The number of fused-ring (bicyclic) bond motifs is 8. The van der Waals surface area contributed by atoms with Crippen molar-refractivity contribution in [2.75, 3.05) is 7.11 Å². The van der Waals surface area contributed by atoms with Crippen molar-refractivity contribution in [2.24, 2.45) is 0 Å². The van der Waals surface area contributed by atoms with Crippen LogP contribution in [0.2, 0.25) is 0 Å². The summed E-state index contributed by atoms with van der Waals surface area (Å²) in [6, 6.07) is 22.8. The molecular weight excluding hydrogens is 460 g/mol. The summed E-state index contributed by atoms with van der Waals surface area (Å²) in [7, 11) is 1.72. The molecule has 186 valence electrons. The standard InChI is InChI=1S/C32H30N2O3/c1-17-14-22-20-11-7-9-13-24(20)34(28(22)25(15-17)36-5)29-26-27-21(19-10-6-8-12-23(19)33-27)16-18(2)30(26)37-32(3,4)31(29)35/h6-16,29,31,33,35H,1-5H3/t29-,31+/m0/s1. The van der Waals surface area contributed by atoms with Crippen LogP contribution in [0.1, 0.15) is 36.6 Å². The lowest BCUT2D eigenvalue weighted by atomic mass is 9.84. The summed E-state index contributed by atoms with van der Waals surface area (Å²) in [5, 5.41) is 16.6. The van der Waals surface area contributed by atoms with Gasteiger partial charge in [0.25, 0.3) is 0 Å². The summed E-state index contributed by atoms with van der Waals surface area (Å²) >= 11 is 0. The van der Waals surface area contributed by atoms with Crippen LogP contribution < -0.4 is 9.47 Å². The molecule has 0 saturated heterocycles. The maximum absolute atomic E-state index is 12.1. The van der Waals surface area contributed by atoms with Crippen LogP contribution in [0, 0.1) is 13.8 Å². The zero-order valence-corrected chi connectivity index (χ0v) is 21.7. The highest BCUT2D eigenvalue weighted by Gasteiger charge is 2.46. The fourth-order valence-corrected chi connectivity index (χ4v) is 6.36. The number of ether oxygens (including phenoxy) is 2. The van der Waals surface area contributed by atoms with Crippen LogP contribution in [0.25, 0.3) is 43.6 Å². The molecule has 0 radical (unpaired) electrons. The molecule has 0 amide bonds. The number of aryl methyl sites for hydroxylation is 2. The number of H-pyrrole nitrogens is 1. The molecule has 5 nitrogen and oxygen atoms in total. The number of rotatable bonds is 2. The van der Waals surface area contributed by atoms with Crippen molar-refractivity contribution in [3.8, 4) is 11.5 Å². The minimum atomic E-state index is -0.818. The van der Waals surface area contributed by atoms with E-state index in [0.29, 0.717) is 0 Å². The average molecular weight is 491 g/mol. The number of hydrogen-bond donors (Lipinski definition) is 2. The first-order chi connectivity index (χ1) is 17.8. The number of aromatic nitrogens is 2. The molecule has 6 aromatic rings. The first-order valence-electron chi connectivity index (χ1n) is 12.8. The van der Waals surface area contributed by atoms with E-state index in [-0.39, 0.29) is 0 Å². The van der Waals surface area contributed by atoms with Gasteiger partial charge in [-0.15, -0.1) is 0 Å². The molecule has 0 spiro atoms. The summed E-state index contributed by atoms with van der Waals surface area (Å²) in [6.45, 7) is 8.13. The van der Waals surface area contributed by atoms with Crippen molar-refractivity contribution in [1.82, 2.24) is 9.55 Å². The molecule has 1 aliphatic rings. The molecule has 0 aliphatic carbocycles. The highest BCUT2D eigenvalue weighted by Crippen LogP contribution is 2.51. The van der Waals surface area contributed by atoms with Gasteiger partial charge in [-0.2, -0.15) is 0 Å². The Morgan fingerprint density at radius 1 is 0.919 bits per heavy atom. The zero-order chi connectivity index (χ0) is 25.6. The second-order valence-corrected chi connectivity index (χ2v) is 10.9. The van der Waals surface area contributed by atoms with E-state index in [1.807, 2.05) is 19.9 Å². The average Bonchev–Trinajstić information content (AvgIpc) is 3.41. The van der Waals surface area contributed by atoms with Gasteiger partial charge in [0, 0.05) is 38.1 Å². The van der Waals surface area contributed by atoms with E-state index >= 15 is 0 Å². The Kier molecular flexibility index (Phi) is 4.53. The van der Waals surface area contributed by atoms with Gasteiger partial charge in [0.2, 0.25) is 0 Å². The number of hydrogen-bond acceptors (Lipinski definition) is 3. The van der Waals surface area contributed by atoms with Crippen LogP contribution in [0.15, 0.2) is 66.7 Å². The van der Waals surface area contributed by atoms with Gasteiger partial charge < -0.3 is 24.1 Å². The second-order valence-electron chi connectivity index (χ2n) is 10.9. The van der Waals surface area contributed by atoms with Crippen LogP contribution in [0.3, 0.4) is 0 Å². The van der Waals surface area contributed by atoms with Crippen LogP contribution >= 0.6 is 0 Å². The van der Waals surface area contributed by atoms with Crippen molar-refractivity contribution in [2.45, 2.75) is 45.4 Å². The van der Waals surface area contributed by atoms with E-state index < -0.39 is 17.7 Å². The topological polar surface area (TPSA) is 59.4 Å². The maximum Gasteiger partial charge on any atom is 0.143 e. The highest BCUT2D eigenvalue weighted by atomic mass is 16.5. The molecule has 37 heavy (non-hydrogen) atoms. The molecule has 2 N–H and O–H groups in total. The quantitative estimate of drug-likeness (QED) is 0.270. The van der Waals surface area contributed by atoms with Gasteiger partial charge in [-0.05, 0) is 69.2 Å². The minimum Gasteiger partial charge on any atom is -0.495 e. The number of aliphatic hydroxyl groups is 1. The first kappa shape index (κ1) is 22.3. The summed E-state index contributed by atoms with van der Waals surface area (Å²) in [4.78, 5) is 3.67. The lowest BCUT2D eigenvalue weighted by Crippen LogP contribution is -2.50. The zero-order valence-electron chi connectivity index (χ0n) is 21.7. The number of nitrogens with one attached hydrogen (secondary N) is 1. The smallest absolute Gasteiger partial charge is 0.143 e. The van der Waals surface area contributed by atoms with Gasteiger partial charge in [0.15, 0.2) is 0 Å². The predicted molar refractivity (Wildman–Crippen MR) is 150 cm³/mol. The van der Waals surface area contributed by atoms with Gasteiger partial charge in [0.1, 0.15) is 23.2 Å². The minimum absolute atomic E-state index is 0.409. The van der Waals surface area contributed by atoms with Crippen molar-refractivity contribution in [3.63, 3.8) is 0 Å². The molecular formula is C32H30N2O3. The Balaban J connectivity index is 1.69. The summed E-state index contributed by atoms with van der Waals surface area (Å²) in [5.74, 6) is 1.63. The van der Waals surface area contributed by atoms with E-state index in [4.69, 9.17) is 9.47 Å². The normalized spacial score (nSPS) is 19.0. The molecule has 0 fully saturated rings. The van der Waals surface area contributed by atoms with E-state index in [1.165, 1.54) is 0 Å². The van der Waals surface area contributed by atoms with Crippen molar-refractivity contribution in [3.05, 3.63) is 83.4 Å². The lowest BCUT2D eigenvalue weighted by molar-refractivity contribution is -0.0621. The Hall–Kier alpha value is -3.96. The monoisotopic (exact) mass is 490 g/mol. The summed E-state index contributed by atoms with van der Waals surface area (Å²) in [6.07, 6.45) is -0.818. The molecule has 0 saturated carbocycles. The Labute approximate surface area is 215 Å². The second kappa shape index (κ2) is 7.53. The molecule has 7 rings (SSSR count). The van der Waals surface area contributed by atoms with E-state index in [2.05, 4.69) is 84.1 Å². The predicted octanol–water partition coefficient (Wildman–Crippen LogP) is 7.18. The van der Waals surface area contributed by atoms with Crippen LogP contribution in [0.4, 0.5) is 0 Å². The number of para-hydroxylation sites is 2. The van der Waals surface area contributed by atoms with Crippen LogP contribution in [0.5, 0.6) is 11.5 Å². The van der Waals surface area contributed by atoms with Crippen LogP contribution in [-0.2, 0) is 0 Å². The SMILES string of the molecule is COc1cc(C)cc2c3ccccc3n([C@H]3c4c(c(C)cc5c4[nH]c4ccccc45)OC(C)(C)[C@@H]3O)c12. The van der Waals surface area contributed by atoms with Gasteiger partial charge >= 0.3 is 0 Å². The molecule has 2 atom stereocenters. The first-order valence-corrected chi connectivity index (χ1v) is 12.8. The third kappa shape index (κ3) is 2.95. The van der Waals surface area contributed by atoms with Crippen molar-refractivity contribution >= 4 is 43.6 Å². The third-order valence-corrected chi connectivity index (χ3v) is 8.06. The lowest BCUT2D eigenvalue weighted by Gasteiger charge is -2.44. The van der Waals surface area contributed by atoms with Gasteiger partial charge in [-0.25, -0.2) is 0 Å². The molecule has 5 heteroatoms. The van der Waals surface area contributed by atoms with E-state index in [0.717, 1.165) is 71.8 Å². The van der Waals surface area contributed by atoms with E-state index in [1.54, 1.807) is 7.11 Å². The fourth-order valence-electron chi connectivity index (χ4n) is 6.36. The molecule has 0 bridgehead atoms. The summed E-state index contributed by atoms with van der Waals surface area (Å²) < 4.78 is 14.8. The van der Waals surface area contributed by atoms with Crippen LogP contribution in [-0.4, -0.2) is 33.5 Å². The van der Waals surface area contributed by atoms with Gasteiger partial charge in [-0.3, -0.25) is 0 Å². The van der Waals surface area contributed by atoms with Gasteiger partial charge in [-0.1, -0.05) is 36.4 Å². The van der Waals surface area contributed by atoms with Gasteiger partial charge in [0.05, 0.1) is 24.2 Å². The number of benzene rings is 4. The fraction of sp³-hybridized carbons (Fsp3) is 0.250. The Bertz CT molecular complexity index is 1870.